The molecule has 1 nitrogen and oxygen atoms in total. The SMILES string of the molecule is CC1CCCC(C(O)C2CCC(C(F)(F)F)CC2)C1. The molecule has 0 aromatic heterocycles. The summed E-state index contributed by atoms with van der Waals surface area (Å²) in [5.74, 6) is -0.0776. The van der Waals surface area contributed by atoms with Crippen molar-refractivity contribution in [3.05, 3.63) is 0 Å². The summed E-state index contributed by atoms with van der Waals surface area (Å²) in [7, 11) is 0. The van der Waals surface area contributed by atoms with E-state index >= 15 is 0 Å². The molecule has 2 rings (SSSR count). The third kappa shape index (κ3) is 3.87. The van der Waals surface area contributed by atoms with Crippen LogP contribution in [0.15, 0.2) is 0 Å². The van der Waals surface area contributed by atoms with Gasteiger partial charge in [-0.2, -0.15) is 13.2 Å². The predicted octanol–water partition coefficient (Wildman–Crippen LogP) is 4.54. The molecule has 0 amide bonds. The van der Waals surface area contributed by atoms with Gasteiger partial charge in [-0.25, -0.2) is 0 Å². The standard InChI is InChI=1S/C15H25F3O/c1-10-3-2-4-12(9-10)14(19)11-5-7-13(8-6-11)15(16,17)18/h10-14,19H,2-9H2,1H3. The molecule has 0 radical (unpaired) electrons. The van der Waals surface area contributed by atoms with Crippen LogP contribution in [0.1, 0.15) is 58.3 Å². The lowest BCUT2D eigenvalue weighted by atomic mass is 9.71. The van der Waals surface area contributed by atoms with E-state index in [1.807, 2.05) is 0 Å². The fourth-order valence-electron chi connectivity index (χ4n) is 3.96. The van der Waals surface area contributed by atoms with Gasteiger partial charge in [0.2, 0.25) is 0 Å². The Balaban J connectivity index is 1.83. The van der Waals surface area contributed by atoms with E-state index in [2.05, 4.69) is 6.92 Å². The molecule has 0 aromatic rings. The van der Waals surface area contributed by atoms with Crippen LogP contribution < -0.4 is 0 Å². The number of alkyl halides is 3. The van der Waals surface area contributed by atoms with Gasteiger partial charge >= 0.3 is 6.18 Å². The van der Waals surface area contributed by atoms with E-state index in [1.54, 1.807) is 0 Å². The quantitative estimate of drug-likeness (QED) is 0.786. The van der Waals surface area contributed by atoms with E-state index in [0.717, 1.165) is 19.3 Å². The molecule has 2 fully saturated rings. The molecule has 1 N–H and O–H groups in total. The van der Waals surface area contributed by atoms with Crippen molar-refractivity contribution in [1.82, 2.24) is 0 Å². The Kier molecular flexibility index (Phi) is 4.80. The Morgan fingerprint density at radius 3 is 2.11 bits per heavy atom. The molecule has 0 aliphatic heterocycles. The summed E-state index contributed by atoms with van der Waals surface area (Å²) >= 11 is 0. The second kappa shape index (κ2) is 6.02. The van der Waals surface area contributed by atoms with Crippen molar-refractivity contribution >= 4 is 0 Å². The van der Waals surface area contributed by atoms with Gasteiger partial charge in [0.1, 0.15) is 0 Å². The Morgan fingerprint density at radius 1 is 0.947 bits per heavy atom. The molecule has 0 bridgehead atoms. The van der Waals surface area contributed by atoms with Crippen LogP contribution in [0.25, 0.3) is 0 Å². The number of halogens is 3. The Hall–Kier alpha value is -0.250. The normalized spacial score (nSPS) is 39.0. The summed E-state index contributed by atoms with van der Waals surface area (Å²) in [5.41, 5.74) is 0. The highest BCUT2D eigenvalue weighted by Crippen LogP contribution is 2.43. The van der Waals surface area contributed by atoms with Gasteiger partial charge in [0.15, 0.2) is 0 Å². The van der Waals surface area contributed by atoms with Gasteiger partial charge in [-0.15, -0.1) is 0 Å². The summed E-state index contributed by atoms with van der Waals surface area (Å²) in [6, 6.07) is 0. The van der Waals surface area contributed by atoms with E-state index in [-0.39, 0.29) is 24.9 Å². The minimum atomic E-state index is -4.05. The molecule has 3 unspecified atom stereocenters. The zero-order valence-corrected chi connectivity index (χ0v) is 11.6. The first-order valence-electron chi connectivity index (χ1n) is 7.62. The van der Waals surface area contributed by atoms with Crippen LogP contribution in [0.3, 0.4) is 0 Å². The van der Waals surface area contributed by atoms with Crippen LogP contribution >= 0.6 is 0 Å². The van der Waals surface area contributed by atoms with E-state index in [4.69, 9.17) is 0 Å². The minimum absolute atomic E-state index is 0.0916. The molecule has 4 heteroatoms. The highest BCUT2D eigenvalue weighted by Gasteiger charge is 2.43. The lowest BCUT2D eigenvalue weighted by molar-refractivity contribution is -0.186. The second-order valence-electron chi connectivity index (χ2n) is 6.68. The molecule has 2 saturated carbocycles. The molecule has 2 aliphatic carbocycles. The maximum Gasteiger partial charge on any atom is 0.391 e. The topological polar surface area (TPSA) is 20.2 Å². The maximum absolute atomic E-state index is 12.6. The van der Waals surface area contributed by atoms with Gasteiger partial charge in [-0.3, -0.25) is 0 Å². The van der Waals surface area contributed by atoms with Crippen LogP contribution in [0.2, 0.25) is 0 Å². The van der Waals surface area contributed by atoms with E-state index in [0.29, 0.717) is 24.7 Å². The van der Waals surface area contributed by atoms with E-state index in [9.17, 15) is 18.3 Å². The highest BCUT2D eigenvalue weighted by molar-refractivity contribution is 4.85. The van der Waals surface area contributed by atoms with Gasteiger partial charge in [-0.1, -0.05) is 19.8 Å². The molecule has 0 saturated heterocycles. The van der Waals surface area contributed by atoms with Gasteiger partial charge in [0, 0.05) is 0 Å². The van der Waals surface area contributed by atoms with Gasteiger partial charge in [-0.05, 0) is 56.3 Å². The van der Waals surface area contributed by atoms with Crippen LogP contribution in [0.4, 0.5) is 13.2 Å². The van der Waals surface area contributed by atoms with Gasteiger partial charge < -0.3 is 5.11 Å². The van der Waals surface area contributed by atoms with E-state index < -0.39 is 12.1 Å². The molecule has 112 valence electrons. The zero-order valence-electron chi connectivity index (χ0n) is 11.6. The van der Waals surface area contributed by atoms with Crippen molar-refractivity contribution in [3.8, 4) is 0 Å². The molecular formula is C15H25F3O. The third-order valence-electron chi connectivity index (χ3n) is 5.18. The van der Waals surface area contributed by atoms with Crippen molar-refractivity contribution in [2.45, 2.75) is 70.6 Å². The van der Waals surface area contributed by atoms with Crippen molar-refractivity contribution < 1.29 is 18.3 Å². The number of aliphatic hydroxyl groups is 1. The molecule has 0 aromatic carbocycles. The first-order valence-corrected chi connectivity index (χ1v) is 7.62. The summed E-state index contributed by atoms with van der Waals surface area (Å²) < 4.78 is 37.8. The van der Waals surface area contributed by atoms with Crippen molar-refractivity contribution in [2.75, 3.05) is 0 Å². The average Bonchev–Trinajstić information content (AvgIpc) is 2.37. The molecular weight excluding hydrogens is 253 g/mol. The Morgan fingerprint density at radius 2 is 1.58 bits per heavy atom. The molecule has 3 atom stereocenters. The molecule has 0 spiro atoms. The van der Waals surface area contributed by atoms with Crippen molar-refractivity contribution in [2.24, 2.45) is 23.7 Å². The van der Waals surface area contributed by atoms with Crippen LogP contribution in [-0.4, -0.2) is 17.4 Å². The van der Waals surface area contributed by atoms with Crippen LogP contribution in [0.5, 0.6) is 0 Å². The highest BCUT2D eigenvalue weighted by atomic mass is 19.4. The summed E-state index contributed by atoms with van der Waals surface area (Å²) in [6.45, 7) is 2.21. The Labute approximate surface area is 113 Å². The zero-order chi connectivity index (χ0) is 14.0. The predicted molar refractivity (Wildman–Crippen MR) is 68.6 cm³/mol. The number of hydrogen-bond donors (Lipinski definition) is 1. The van der Waals surface area contributed by atoms with Crippen LogP contribution in [0, 0.1) is 23.7 Å². The van der Waals surface area contributed by atoms with E-state index in [1.165, 1.54) is 6.42 Å². The van der Waals surface area contributed by atoms with Crippen molar-refractivity contribution in [1.29, 1.82) is 0 Å². The summed E-state index contributed by atoms with van der Waals surface area (Å²) in [6.07, 6.45) is 1.52. The lowest BCUT2D eigenvalue weighted by Gasteiger charge is -2.38. The number of rotatable bonds is 2. The number of aliphatic hydroxyl groups excluding tert-OH is 1. The molecule has 19 heavy (non-hydrogen) atoms. The van der Waals surface area contributed by atoms with Gasteiger partial charge in [0.05, 0.1) is 12.0 Å². The monoisotopic (exact) mass is 278 g/mol. The van der Waals surface area contributed by atoms with Crippen molar-refractivity contribution in [3.63, 3.8) is 0 Å². The summed E-state index contributed by atoms with van der Waals surface area (Å²) in [5, 5.41) is 10.4. The second-order valence-corrected chi connectivity index (χ2v) is 6.68. The summed E-state index contributed by atoms with van der Waals surface area (Å²) in [4.78, 5) is 0. The lowest BCUT2D eigenvalue weighted by Crippen LogP contribution is -2.36. The van der Waals surface area contributed by atoms with Gasteiger partial charge in [0.25, 0.3) is 0 Å². The fourth-order valence-corrected chi connectivity index (χ4v) is 3.96. The van der Waals surface area contributed by atoms with Crippen LogP contribution in [-0.2, 0) is 0 Å². The minimum Gasteiger partial charge on any atom is -0.393 e. The first-order chi connectivity index (χ1) is 8.88. The number of hydrogen-bond acceptors (Lipinski definition) is 1. The molecule has 0 heterocycles. The fraction of sp³-hybridized carbons (Fsp3) is 1.00. The molecule has 2 aliphatic rings. The smallest absolute Gasteiger partial charge is 0.391 e. The first kappa shape index (κ1) is 15.1. The maximum atomic E-state index is 12.6. The largest absolute Gasteiger partial charge is 0.393 e. The Bertz CT molecular complexity index is 282. The average molecular weight is 278 g/mol. The third-order valence-corrected chi connectivity index (χ3v) is 5.18.